The second-order valence-corrected chi connectivity index (χ2v) is 9.40. The van der Waals surface area contributed by atoms with Crippen molar-refractivity contribution in [2.75, 3.05) is 22.8 Å². The molecule has 0 aliphatic carbocycles. The molecule has 7 nitrogen and oxygen atoms in total. The van der Waals surface area contributed by atoms with E-state index in [1.165, 1.54) is 24.3 Å². The van der Waals surface area contributed by atoms with Crippen molar-refractivity contribution in [2.24, 2.45) is 0 Å². The van der Waals surface area contributed by atoms with Gasteiger partial charge < -0.3 is 10.1 Å². The predicted molar refractivity (Wildman–Crippen MR) is 128 cm³/mol. The van der Waals surface area contributed by atoms with Crippen LogP contribution in [0.2, 0.25) is 5.02 Å². The van der Waals surface area contributed by atoms with Gasteiger partial charge in [-0.3, -0.25) is 9.10 Å². The van der Waals surface area contributed by atoms with Gasteiger partial charge in [-0.1, -0.05) is 41.9 Å². The number of sulfonamides is 1. The van der Waals surface area contributed by atoms with Crippen molar-refractivity contribution in [1.82, 2.24) is 0 Å². The number of benzene rings is 3. The molecule has 0 saturated carbocycles. The van der Waals surface area contributed by atoms with Crippen LogP contribution in [0.15, 0.2) is 77.7 Å². The highest BCUT2D eigenvalue weighted by molar-refractivity contribution is 7.92. The Morgan fingerprint density at radius 1 is 1.00 bits per heavy atom. The van der Waals surface area contributed by atoms with Crippen LogP contribution in [0, 0.1) is 6.92 Å². The summed E-state index contributed by atoms with van der Waals surface area (Å²) >= 11 is 6.13. The maximum Gasteiger partial charge on any atom is 0.338 e. The van der Waals surface area contributed by atoms with E-state index in [1.54, 1.807) is 62.4 Å². The number of ether oxygens (including phenoxy) is 1. The monoisotopic (exact) mass is 486 g/mol. The number of nitrogens with one attached hydrogen (secondary N) is 1. The van der Waals surface area contributed by atoms with E-state index in [9.17, 15) is 18.0 Å². The lowest BCUT2D eigenvalue weighted by molar-refractivity contribution is -0.114. The molecule has 0 heterocycles. The minimum absolute atomic E-state index is 0.0430. The zero-order valence-corrected chi connectivity index (χ0v) is 19.7. The van der Waals surface area contributed by atoms with Crippen molar-refractivity contribution in [3.05, 3.63) is 88.9 Å². The Bertz CT molecular complexity index is 1260. The summed E-state index contributed by atoms with van der Waals surface area (Å²) in [5.41, 5.74) is 1.54. The minimum atomic E-state index is -4.07. The van der Waals surface area contributed by atoms with E-state index < -0.39 is 28.4 Å². The zero-order chi connectivity index (χ0) is 24.0. The third-order valence-electron chi connectivity index (χ3n) is 4.72. The van der Waals surface area contributed by atoms with Crippen LogP contribution in [0.3, 0.4) is 0 Å². The van der Waals surface area contributed by atoms with E-state index in [0.29, 0.717) is 22.0 Å². The first-order chi connectivity index (χ1) is 15.7. The summed E-state index contributed by atoms with van der Waals surface area (Å²) in [5, 5.41) is 2.99. The number of halogens is 1. The summed E-state index contributed by atoms with van der Waals surface area (Å²) in [6, 6.07) is 18.9. The van der Waals surface area contributed by atoms with Gasteiger partial charge in [0.25, 0.3) is 10.0 Å². The highest BCUT2D eigenvalue weighted by atomic mass is 35.5. The average Bonchev–Trinajstić information content (AvgIpc) is 2.80. The molecule has 33 heavy (non-hydrogen) atoms. The summed E-state index contributed by atoms with van der Waals surface area (Å²) < 4.78 is 32.9. The standard InChI is InChI=1S/C24H23ClN2O5S/c1-3-32-24(29)18-8-7-9-20(14-18)26-23(28)16-27(22-15-19(25)13-12-17(22)2)33(30,31)21-10-5-4-6-11-21/h4-15H,3,16H2,1-2H3,(H,26,28). The number of amides is 1. The molecule has 172 valence electrons. The van der Waals surface area contributed by atoms with E-state index in [0.717, 1.165) is 4.31 Å². The van der Waals surface area contributed by atoms with Crippen molar-refractivity contribution in [1.29, 1.82) is 0 Å². The van der Waals surface area contributed by atoms with Crippen LogP contribution in [0.1, 0.15) is 22.8 Å². The fraction of sp³-hybridized carbons (Fsp3) is 0.167. The molecule has 0 saturated heterocycles. The lowest BCUT2D eigenvalue weighted by Crippen LogP contribution is -2.38. The van der Waals surface area contributed by atoms with Gasteiger partial charge in [0.1, 0.15) is 6.54 Å². The molecular weight excluding hydrogens is 464 g/mol. The highest BCUT2D eigenvalue weighted by Gasteiger charge is 2.28. The van der Waals surface area contributed by atoms with Crippen molar-refractivity contribution < 1.29 is 22.7 Å². The quantitative estimate of drug-likeness (QED) is 0.467. The number of hydrogen-bond donors (Lipinski definition) is 1. The average molecular weight is 487 g/mol. The van der Waals surface area contributed by atoms with Crippen molar-refractivity contribution >= 4 is 44.9 Å². The number of hydrogen-bond acceptors (Lipinski definition) is 5. The van der Waals surface area contributed by atoms with Crippen LogP contribution in [0.4, 0.5) is 11.4 Å². The summed E-state index contributed by atoms with van der Waals surface area (Å²) in [6.45, 7) is 3.16. The van der Waals surface area contributed by atoms with Crippen LogP contribution in [-0.4, -0.2) is 33.4 Å². The van der Waals surface area contributed by atoms with Crippen LogP contribution < -0.4 is 9.62 Å². The molecule has 0 radical (unpaired) electrons. The summed E-state index contributed by atoms with van der Waals surface area (Å²) in [7, 11) is -4.07. The third-order valence-corrected chi connectivity index (χ3v) is 6.72. The number of nitrogens with zero attached hydrogens (tertiary/aromatic N) is 1. The Labute approximate surface area is 198 Å². The van der Waals surface area contributed by atoms with E-state index in [4.69, 9.17) is 16.3 Å². The van der Waals surface area contributed by atoms with Crippen LogP contribution in [-0.2, 0) is 19.6 Å². The van der Waals surface area contributed by atoms with Crippen molar-refractivity contribution in [2.45, 2.75) is 18.7 Å². The van der Waals surface area contributed by atoms with E-state index >= 15 is 0 Å². The molecule has 0 aromatic heterocycles. The van der Waals surface area contributed by atoms with Gasteiger partial charge in [0.05, 0.1) is 22.8 Å². The molecule has 3 rings (SSSR count). The number of carbonyl (C=O) groups excluding carboxylic acids is 2. The summed E-state index contributed by atoms with van der Waals surface area (Å²) in [4.78, 5) is 24.9. The smallest absolute Gasteiger partial charge is 0.338 e. The van der Waals surface area contributed by atoms with E-state index in [1.807, 2.05) is 0 Å². The van der Waals surface area contributed by atoms with Gasteiger partial charge in [0, 0.05) is 10.7 Å². The largest absolute Gasteiger partial charge is 0.462 e. The molecule has 1 amide bonds. The Balaban J connectivity index is 1.93. The maximum atomic E-state index is 13.4. The van der Waals surface area contributed by atoms with Crippen LogP contribution >= 0.6 is 11.6 Å². The first-order valence-electron chi connectivity index (χ1n) is 10.1. The fourth-order valence-electron chi connectivity index (χ4n) is 3.14. The highest BCUT2D eigenvalue weighted by Crippen LogP contribution is 2.29. The van der Waals surface area contributed by atoms with Crippen molar-refractivity contribution in [3.8, 4) is 0 Å². The summed E-state index contributed by atoms with van der Waals surface area (Å²) in [6.07, 6.45) is 0. The van der Waals surface area contributed by atoms with Gasteiger partial charge in [0.15, 0.2) is 0 Å². The Hall–Kier alpha value is -3.36. The Kier molecular flexibility index (Phi) is 7.73. The SMILES string of the molecule is CCOC(=O)c1cccc(NC(=O)CN(c2cc(Cl)ccc2C)S(=O)(=O)c2ccccc2)c1. The molecule has 3 aromatic rings. The zero-order valence-electron chi connectivity index (χ0n) is 18.1. The molecular formula is C24H23ClN2O5S. The Morgan fingerprint density at radius 2 is 1.73 bits per heavy atom. The van der Waals surface area contributed by atoms with Gasteiger partial charge in [0.2, 0.25) is 5.91 Å². The van der Waals surface area contributed by atoms with Gasteiger partial charge in [-0.15, -0.1) is 0 Å². The van der Waals surface area contributed by atoms with Gasteiger partial charge in [-0.25, -0.2) is 13.2 Å². The normalized spacial score (nSPS) is 11.0. The second-order valence-electron chi connectivity index (χ2n) is 7.10. The molecule has 0 aliphatic rings. The molecule has 0 fully saturated rings. The number of carbonyl (C=O) groups is 2. The second kappa shape index (κ2) is 10.5. The third kappa shape index (κ3) is 5.91. The molecule has 1 N–H and O–H groups in total. The van der Waals surface area contributed by atoms with Gasteiger partial charge in [-0.05, 0) is 61.9 Å². The molecule has 0 atom stereocenters. The minimum Gasteiger partial charge on any atom is -0.462 e. The molecule has 3 aromatic carbocycles. The number of rotatable bonds is 8. The maximum absolute atomic E-state index is 13.4. The van der Waals surface area contributed by atoms with Crippen molar-refractivity contribution in [3.63, 3.8) is 0 Å². The molecule has 9 heteroatoms. The first kappa shape index (κ1) is 24.3. The topological polar surface area (TPSA) is 92.8 Å². The van der Waals surface area contributed by atoms with Gasteiger partial charge in [-0.2, -0.15) is 0 Å². The molecule has 0 unspecified atom stereocenters. The summed E-state index contributed by atoms with van der Waals surface area (Å²) in [5.74, 6) is -1.11. The predicted octanol–water partition coefficient (Wildman–Crippen LogP) is 4.66. The number of esters is 1. The lowest BCUT2D eigenvalue weighted by Gasteiger charge is -2.26. The lowest BCUT2D eigenvalue weighted by atomic mass is 10.2. The van der Waals surface area contributed by atoms with Gasteiger partial charge >= 0.3 is 5.97 Å². The number of aryl methyl sites for hydroxylation is 1. The first-order valence-corrected chi connectivity index (χ1v) is 11.9. The van der Waals surface area contributed by atoms with Crippen LogP contribution in [0.5, 0.6) is 0 Å². The molecule has 0 aliphatic heterocycles. The Morgan fingerprint density at radius 3 is 2.42 bits per heavy atom. The fourth-order valence-corrected chi connectivity index (χ4v) is 4.80. The van der Waals surface area contributed by atoms with Crippen LogP contribution in [0.25, 0.3) is 0 Å². The number of anilines is 2. The molecule has 0 bridgehead atoms. The molecule has 0 spiro atoms. The van der Waals surface area contributed by atoms with E-state index in [-0.39, 0.29) is 17.1 Å². The van der Waals surface area contributed by atoms with E-state index in [2.05, 4.69) is 5.32 Å².